The molecule has 5 nitrogen and oxygen atoms in total. The van der Waals surface area contributed by atoms with Crippen LogP contribution in [-0.4, -0.2) is 52.9 Å². The van der Waals surface area contributed by atoms with Crippen LogP contribution in [-0.2, 0) is 16.1 Å². The van der Waals surface area contributed by atoms with Gasteiger partial charge in [0.15, 0.2) is 0 Å². The Balaban J connectivity index is 1.70. The summed E-state index contributed by atoms with van der Waals surface area (Å²) in [5, 5.41) is 19.1. The lowest BCUT2D eigenvalue weighted by Gasteiger charge is -2.25. The molecule has 1 heterocycles. The first-order valence-corrected chi connectivity index (χ1v) is 7.34. The molecule has 1 aromatic carbocycles. The monoisotopic (exact) mass is 293 g/mol. The summed E-state index contributed by atoms with van der Waals surface area (Å²) in [5.41, 5.74) is 1.07. The van der Waals surface area contributed by atoms with Gasteiger partial charge in [-0.1, -0.05) is 30.3 Å². The van der Waals surface area contributed by atoms with Gasteiger partial charge < -0.3 is 14.9 Å². The molecule has 3 atom stereocenters. The van der Waals surface area contributed by atoms with Crippen molar-refractivity contribution in [2.45, 2.75) is 32.1 Å². The summed E-state index contributed by atoms with van der Waals surface area (Å²) in [6.45, 7) is 3.82. The Labute approximate surface area is 125 Å². The van der Waals surface area contributed by atoms with Crippen molar-refractivity contribution in [1.82, 2.24) is 4.90 Å². The Morgan fingerprint density at radius 3 is 2.76 bits per heavy atom. The van der Waals surface area contributed by atoms with E-state index in [-0.39, 0.29) is 18.6 Å². The van der Waals surface area contributed by atoms with Crippen LogP contribution in [0.5, 0.6) is 0 Å². The van der Waals surface area contributed by atoms with Crippen molar-refractivity contribution in [2.24, 2.45) is 5.92 Å². The summed E-state index contributed by atoms with van der Waals surface area (Å²) in [7, 11) is 0. The number of carboxylic acids is 1. The number of aliphatic hydroxyl groups excluding tert-OH is 1. The van der Waals surface area contributed by atoms with Gasteiger partial charge in [-0.25, -0.2) is 0 Å². The maximum Gasteiger partial charge on any atom is 0.308 e. The lowest BCUT2D eigenvalue weighted by molar-refractivity contribution is -0.142. The Hall–Kier alpha value is -1.43. The van der Waals surface area contributed by atoms with Gasteiger partial charge in [-0.15, -0.1) is 0 Å². The molecule has 0 amide bonds. The number of carbonyl (C=O) groups is 1. The molecular formula is C16H23NO4. The molecule has 1 fully saturated rings. The molecule has 0 saturated carbocycles. The zero-order valence-corrected chi connectivity index (χ0v) is 12.3. The predicted octanol–water partition coefficient (Wildman–Crippen LogP) is 1.36. The predicted molar refractivity (Wildman–Crippen MR) is 78.9 cm³/mol. The zero-order valence-electron chi connectivity index (χ0n) is 12.3. The number of hydrogen-bond donors (Lipinski definition) is 2. The average molecular weight is 293 g/mol. The fourth-order valence-corrected chi connectivity index (χ4v) is 2.80. The van der Waals surface area contributed by atoms with Gasteiger partial charge in [-0.3, -0.25) is 9.69 Å². The molecule has 1 aliphatic heterocycles. The highest BCUT2D eigenvalue weighted by Crippen LogP contribution is 2.24. The number of rotatable bonds is 7. The normalized spacial score (nSPS) is 24.1. The summed E-state index contributed by atoms with van der Waals surface area (Å²) in [6.07, 6.45) is 0.0531. The minimum atomic E-state index is -0.750. The number of carboxylic acid groups (broad SMARTS) is 1. The fourth-order valence-electron chi connectivity index (χ4n) is 2.80. The maximum absolute atomic E-state index is 11.1. The van der Waals surface area contributed by atoms with Gasteiger partial charge in [-0.2, -0.15) is 0 Å². The first kappa shape index (κ1) is 15.9. The van der Waals surface area contributed by atoms with Crippen LogP contribution in [0.2, 0.25) is 0 Å². The molecule has 0 aliphatic carbocycles. The van der Waals surface area contributed by atoms with E-state index in [0.29, 0.717) is 26.1 Å². The van der Waals surface area contributed by atoms with E-state index in [2.05, 4.69) is 0 Å². The molecule has 116 valence electrons. The van der Waals surface area contributed by atoms with Crippen LogP contribution < -0.4 is 0 Å². The third-order valence-electron chi connectivity index (χ3n) is 4.07. The van der Waals surface area contributed by atoms with Crippen LogP contribution in [0.3, 0.4) is 0 Å². The van der Waals surface area contributed by atoms with Crippen LogP contribution in [0.1, 0.15) is 18.9 Å². The quantitative estimate of drug-likeness (QED) is 0.794. The molecule has 3 unspecified atom stereocenters. The first-order chi connectivity index (χ1) is 10.1. The van der Waals surface area contributed by atoms with E-state index in [4.69, 9.17) is 9.84 Å². The lowest BCUT2D eigenvalue weighted by atomic mass is 10.0. The van der Waals surface area contributed by atoms with Gasteiger partial charge in [-0.05, 0) is 25.5 Å². The second kappa shape index (κ2) is 7.54. The minimum absolute atomic E-state index is 0.0359. The summed E-state index contributed by atoms with van der Waals surface area (Å²) in [4.78, 5) is 13.1. The summed E-state index contributed by atoms with van der Waals surface area (Å²) < 4.78 is 5.51. The molecular weight excluding hydrogens is 270 g/mol. The standard InChI is InChI=1S/C16H23NO4/c1-12-15(16(19)20)7-8-17(12)9-14(18)11-21-10-13-5-3-2-4-6-13/h2-6,12,14-15,18H,7-11H2,1H3,(H,19,20). The van der Waals surface area contributed by atoms with E-state index >= 15 is 0 Å². The van der Waals surface area contributed by atoms with Crippen LogP contribution in [0.15, 0.2) is 30.3 Å². The van der Waals surface area contributed by atoms with Crippen molar-refractivity contribution in [3.05, 3.63) is 35.9 Å². The summed E-state index contributed by atoms with van der Waals surface area (Å²) >= 11 is 0. The molecule has 21 heavy (non-hydrogen) atoms. The maximum atomic E-state index is 11.1. The van der Waals surface area contributed by atoms with Crippen molar-refractivity contribution < 1.29 is 19.7 Å². The number of likely N-dealkylation sites (tertiary alicyclic amines) is 1. The van der Waals surface area contributed by atoms with E-state index < -0.39 is 12.1 Å². The third kappa shape index (κ3) is 4.52. The lowest BCUT2D eigenvalue weighted by Crippen LogP contribution is -2.39. The Bertz CT molecular complexity index is 451. The van der Waals surface area contributed by atoms with Gasteiger partial charge in [0.2, 0.25) is 0 Å². The highest BCUT2D eigenvalue weighted by atomic mass is 16.5. The molecule has 1 saturated heterocycles. The number of hydrogen-bond acceptors (Lipinski definition) is 4. The fraction of sp³-hybridized carbons (Fsp3) is 0.562. The Morgan fingerprint density at radius 1 is 1.43 bits per heavy atom. The summed E-state index contributed by atoms with van der Waals surface area (Å²) in [5.74, 6) is -1.08. The zero-order chi connectivity index (χ0) is 15.2. The third-order valence-corrected chi connectivity index (χ3v) is 4.07. The summed E-state index contributed by atoms with van der Waals surface area (Å²) in [6, 6.07) is 9.77. The highest BCUT2D eigenvalue weighted by Gasteiger charge is 2.36. The topological polar surface area (TPSA) is 70.0 Å². The number of aliphatic hydroxyl groups is 1. The molecule has 2 rings (SSSR count). The van der Waals surface area contributed by atoms with E-state index in [1.807, 2.05) is 42.2 Å². The van der Waals surface area contributed by atoms with Crippen molar-refractivity contribution in [3.8, 4) is 0 Å². The largest absolute Gasteiger partial charge is 0.481 e. The van der Waals surface area contributed by atoms with E-state index in [1.54, 1.807) is 0 Å². The van der Waals surface area contributed by atoms with Crippen molar-refractivity contribution in [2.75, 3.05) is 19.7 Å². The minimum Gasteiger partial charge on any atom is -0.481 e. The van der Waals surface area contributed by atoms with Gasteiger partial charge in [0.25, 0.3) is 0 Å². The number of β-amino-alcohol motifs (C(OH)–C–C–N with tert-alkyl or cyclic N) is 1. The van der Waals surface area contributed by atoms with E-state index in [1.165, 1.54) is 0 Å². The Kier molecular flexibility index (Phi) is 5.73. The first-order valence-electron chi connectivity index (χ1n) is 7.34. The van der Waals surface area contributed by atoms with Gasteiger partial charge in [0, 0.05) is 12.6 Å². The molecule has 0 spiro atoms. The number of aliphatic carboxylic acids is 1. The SMILES string of the molecule is CC1C(C(=O)O)CCN1CC(O)COCc1ccccc1. The van der Waals surface area contributed by atoms with Crippen molar-refractivity contribution in [1.29, 1.82) is 0 Å². The molecule has 2 N–H and O–H groups in total. The van der Waals surface area contributed by atoms with Gasteiger partial charge in [0.05, 0.1) is 25.2 Å². The molecule has 1 aromatic rings. The van der Waals surface area contributed by atoms with E-state index in [0.717, 1.165) is 5.56 Å². The average Bonchev–Trinajstić information content (AvgIpc) is 2.81. The second-order valence-electron chi connectivity index (χ2n) is 5.62. The molecule has 0 aromatic heterocycles. The number of benzene rings is 1. The van der Waals surface area contributed by atoms with Crippen molar-refractivity contribution >= 4 is 5.97 Å². The molecule has 1 aliphatic rings. The van der Waals surface area contributed by atoms with Gasteiger partial charge in [0.1, 0.15) is 0 Å². The van der Waals surface area contributed by atoms with Crippen LogP contribution in [0.25, 0.3) is 0 Å². The van der Waals surface area contributed by atoms with E-state index in [9.17, 15) is 9.90 Å². The second-order valence-corrected chi connectivity index (χ2v) is 5.62. The number of nitrogens with zero attached hydrogens (tertiary/aromatic N) is 1. The number of ether oxygens (including phenoxy) is 1. The molecule has 0 bridgehead atoms. The van der Waals surface area contributed by atoms with Crippen molar-refractivity contribution in [3.63, 3.8) is 0 Å². The Morgan fingerprint density at radius 2 is 2.14 bits per heavy atom. The smallest absolute Gasteiger partial charge is 0.308 e. The van der Waals surface area contributed by atoms with Crippen LogP contribution >= 0.6 is 0 Å². The van der Waals surface area contributed by atoms with Crippen LogP contribution in [0.4, 0.5) is 0 Å². The highest BCUT2D eigenvalue weighted by molar-refractivity contribution is 5.71. The van der Waals surface area contributed by atoms with Gasteiger partial charge >= 0.3 is 5.97 Å². The van der Waals surface area contributed by atoms with Crippen LogP contribution in [0, 0.1) is 5.92 Å². The molecule has 0 radical (unpaired) electrons. The molecule has 5 heteroatoms.